The van der Waals surface area contributed by atoms with Crippen molar-refractivity contribution >= 4 is 17.7 Å². The van der Waals surface area contributed by atoms with Crippen LogP contribution in [0.3, 0.4) is 0 Å². The van der Waals surface area contributed by atoms with Crippen molar-refractivity contribution in [2.75, 3.05) is 26.4 Å². The fraction of sp³-hybridized carbons (Fsp3) is 0.438. The van der Waals surface area contributed by atoms with Crippen LogP contribution in [0.4, 0.5) is 5.69 Å². The van der Waals surface area contributed by atoms with E-state index in [1.54, 1.807) is 12.2 Å². The lowest BCUT2D eigenvalue weighted by Gasteiger charge is -2.25. The Kier molecular flexibility index (Phi) is 6.25. The number of anilines is 1. The monoisotopic (exact) mass is 275 g/mol. The van der Waals surface area contributed by atoms with Gasteiger partial charge < -0.3 is 16.0 Å². The molecule has 0 aliphatic carbocycles. The van der Waals surface area contributed by atoms with Crippen LogP contribution >= 0.6 is 0 Å². The number of rotatable bonds is 6. The first-order valence-corrected chi connectivity index (χ1v) is 6.87. The molecule has 20 heavy (non-hydrogen) atoms. The van der Waals surface area contributed by atoms with Crippen molar-refractivity contribution in [2.45, 2.75) is 19.9 Å². The van der Waals surface area contributed by atoms with Gasteiger partial charge in [-0.05, 0) is 43.8 Å². The summed E-state index contributed by atoms with van der Waals surface area (Å²) in [6.45, 7) is 5.04. The fourth-order valence-corrected chi connectivity index (χ4v) is 1.88. The van der Waals surface area contributed by atoms with E-state index in [2.05, 4.69) is 24.1 Å². The molecule has 0 aliphatic heterocycles. The molecule has 110 valence electrons. The van der Waals surface area contributed by atoms with Gasteiger partial charge in [0, 0.05) is 24.4 Å². The highest BCUT2D eigenvalue weighted by atomic mass is 16.1. The SMILES string of the molecule is CC(C)C(CN(C)C)NC(=O)/C=C/c1cccc(N)c1. The molecule has 1 amide bonds. The third-order valence-corrected chi connectivity index (χ3v) is 3.03. The third-order valence-electron chi connectivity index (χ3n) is 3.03. The Morgan fingerprint density at radius 3 is 2.65 bits per heavy atom. The molecule has 0 saturated heterocycles. The second-order valence-corrected chi connectivity index (χ2v) is 5.62. The number of hydrogen-bond acceptors (Lipinski definition) is 3. The van der Waals surface area contributed by atoms with Gasteiger partial charge in [0.25, 0.3) is 0 Å². The molecular formula is C16H25N3O. The number of carbonyl (C=O) groups excluding carboxylic acids is 1. The van der Waals surface area contributed by atoms with E-state index in [9.17, 15) is 4.79 Å². The average Bonchev–Trinajstić information content (AvgIpc) is 2.35. The Bertz CT molecular complexity index is 467. The summed E-state index contributed by atoms with van der Waals surface area (Å²) in [5.74, 6) is 0.315. The molecular weight excluding hydrogens is 250 g/mol. The number of nitrogens with zero attached hydrogens (tertiary/aromatic N) is 1. The minimum absolute atomic E-state index is 0.0759. The Morgan fingerprint density at radius 1 is 1.40 bits per heavy atom. The summed E-state index contributed by atoms with van der Waals surface area (Å²) >= 11 is 0. The van der Waals surface area contributed by atoms with Gasteiger partial charge in [-0.25, -0.2) is 0 Å². The highest BCUT2D eigenvalue weighted by molar-refractivity contribution is 5.92. The molecule has 0 radical (unpaired) electrons. The van der Waals surface area contributed by atoms with Crippen LogP contribution in [0.15, 0.2) is 30.3 Å². The second-order valence-electron chi connectivity index (χ2n) is 5.62. The van der Waals surface area contributed by atoms with Crippen molar-refractivity contribution in [2.24, 2.45) is 5.92 Å². The van der Waals surface area contributed by atoms with Crippen LogP contribution in [0.5, 0.6) is 0 Å². The summed E-state index contributed by atoms with van der Waals surface area (Å²) in [7, 11) is 4.01. The number of nitrogen functional groups attached to an aromatic ring is 1. The highest BCUT2D eigenvalue weighted by Crippen LogP contribution is 2.08. The molecule has 0 fully saturated rings. The Balaban J connectivity index is 2.61. The van der Waals surface area contributed by atoms with Gasteiger partial charge in [0.15, 0.2) is 0 Å². The first kappa shape index (κ1) is 16.2. The predicted molar refractivity (Wildman–Crippen MR) is 85.2 cm³/mol. The first-order chi connectivity index (χ1) is 9.38. The Hall–Kier alpha value is -1.81. The van der Waals surface area contributed by atoms with Crippen LogP contribution in [0, 0.1) is 5.92 Å². The van der Waals surface area contributed by atoms with E-state index in [0.717, 1.165) is 12.1 Å². The fourth-order valence-electron chi connectivity index (χ4n) is 1.88. The molecule has 4 heteroatoms. The van der Waals surface area contributed by atoms with Gasteiger partial charge in [-0.15, -0.1) is 0 Å². The minimum atomic E-state index is -0.0759. The van der Waals surface area contributed by atoms with Gasteiger partial charge in [-0.3, -0.25) is 4.79 Å². The van der Waals surface area contributed by atoms with Gasteiger partial charge in [0.2, 0.25) is 5.91 Å². The smallest absolute Gasteiger partial charge is 0.244 e. The third kappa shape index (κ3) is 5.89. The Morgan fingerprint density at radius 2 is 2.10 bits per heavy atom. The number of carbonyl (C=O) groups is 1. The summed E-state index contributed by atoms with van der Waals surface area (Å²) in [4.78, 5) is 14.0. The summed E-state index contributed by atoms with van der Waals surface area (Å²) in [6, 6.07) is 7.59. The summed E-state index contributed by atoms with van der Waals surface area (Å²) < 4.78 is 0. The standard InChI is InChI=1S/C16H25N3O/c1-12(2)15(11-19(3)4)18-16(20)9-8-13-6-5-7-14(17)10-13/h5-10,12,15H,11,17H2,1-4H3,(H,18,20)/b9-8+. The second kappa shape index (κ2) is 7.70. The topological polar surface area (TPSA) is 58.4 Å². The van der Waals surface area contributed by atoms with Crippen molar-refractivity contribution in [3.8, 4) is 0 Å². The predicted octanol–water partition coefficient (Wildman–Crippen LogP) is 1.98. The lowest BCUT2D eigenvalue weighted by molar-refractivity contribution is -0.117. The van der Waals surface area contributed by atoms with Gasteiger partial charge in [-0.1, -0.05) is 26.0 Å². The van der Waals surface area contributed by atoms with Crippen LogP contribution < -0.4 is 11.1 Å². The van der Waals surface area contributed by atoms with E-state index in [1.807, 2.05) is 38.4 Å². The van der Waals surface area contributed by atoms with E-state index >= 15 is 0 Å². The molecule has 1 aromatic rings. The van der Waals surface area contributed by atoms with E-state index in [-0.39, 0.29) is 11.9 Å². The number of nitrogens with one attached hydrogen (secondary N) is 1. The van der Waals surface area contributed by atoms with Gasteiger partial charge in [0.05, 0.1) is 0 Å². The quantitative estimate of drug-likeness (QED) is 0.616. The average molecular weight is 275 g/mol. The summed E-state index contributed by atoms with van der Waals surface area (Å²) in [6.07, 6.45) is 3.33. The van der Waals surface area contributed by atoms with E-state index in [0.29, 0.717) is 11.6 Å². The van der Waals surface area contributed by atoms with Crippen molar-refractivity contribution in [3.05, 3.63) is 35.9 Å². The number of amides is 1. The lowest BCUT2D eigenvalue weighted by Crippen LogP contribution is -2.44. The lowest BCUT2D eigenvalue weighted by atomic mass is 10.0. The van der Waals surface area contributed by atoms with Gasteiger partial charge in [-0.2, -0.15) is 0 Å². The zero-order valence-electron chi connectivity index (χ0n) is 12.8. The highest BCUT2D eigenvalue weighted by Gasteiger charge is 2.15. The van der Waals surface area contributed by atoms with Gasteiger partial charge >= 0.3 is 0 Å². The molecule has 4 nitrogen and oxygen atoms in total. The maximum absolute atomic E-state index is 11.9. The zero-order valence-corrected chi connectivity index (χ0v) is 12.8. The van der Waals surface area contributed by atoms with E-state index < -0.39 is 0 Å². The minimum Gasteiger partial charge on any atom is -0.399 e. The van der Waals surface area contributed by atoms with Crippen LogP contribution in [0.1, 0.15) is 19.4 Å². The van der Waals surface area contributed by atoms with Crippen molar-refractivity contribution < 1.29 is 4.79 Å². The van der Waals surface area contributed by atoms with Crippen molar-refractivity contribution in [1.82, 2.24) is 10.2 Å². The molecule has 3 N–H and O–H groups in total. The number of hydrogen-bond donors (Lipinski definition) is 2. The molecule has 0 aromatic heterocycles. The number of benzene rings is 1. The van der Waals surface area contributed by atoms with Crippen LogP contribution in [-0.2, 0) is 4.79 Å². The number of likely N-dealkylation sites (N-methyl/N-ethyl adjacent to an activating group) is 1. The molecule has 0 heterocycles. The number of nitrogens with two attached hydrogens (primary N) is 1. The van der Waals surface area contributed by atoms with E-state index in [4.69, 9.17) is 5.73 Å². The molecule has 0 saturated carbocycles. The normalized spacial score (nSPS) is 13.1. The van der Waals surface area contributed by atoms with Crippen LogP contribution in [-0.4, -0.2) is 37.5 Å². The molecule has 0 spiro atoms. The molecule has 1 aromatic carbocycles. The molecule has 1 atom stereocenters. The van der Waals surface area contributed by atoms with Crippen molar-refractivity contribution in [3.63, 3.8) is 0 Å². The first-order valence-electron chi connectivity index (χ1n) is 6.87. The maximum atomic E-state index is 11.9. The maximum Gasteiger partial charge on any atom is 0.244 e. The molecule has 1 rings (SSSR count). The van der Waals surface area contributed by atoms with E-state index in [1.165, 1.54) is 0 Å². The molecule has 1 unspecified atom stereocenters. The summed E-state index contributed by atoms with van der Waals surface area (Å²) in [5.41, 5.74) is 7.32. The molecule has 0 aliphatic rings. The Labute approximate surface area is 121 Å². The van der Waals surface area contributed by atoms with Gasteiger partial charge in [0.1, 0.15) is 0 Å². The van der Waals surface area contributed by atoms with Crippen LogP contribution in [0.25, 0.3) is 6.08 Å². The molecule has 0 bridgehead atoms. The van der Waals surface area contributed by atoms with Crippen molar-refractivity contribution in [1.29, 1.82) is 0 Å². The van der Waals surface area contributed by atoms with Crippen LogP contribution in [0.2, 0.25) is 0 Å². The largest absolute Gasteiger partial charge is 0.399 e. The zero-order chi connectivity index (χ0) is 15.1. The summed E-state index contributed by atoms with van der Waals surface area (Å²) in [5, 5.41) is 3.03.